The SMILES string of the molecule is COC(=O)c1ccc(C/C=C/CCc2ccccc2)cc1. The van der Waals surface area contributed by atoms with Crippen LogP contribution in [0.2, 0.25) is 0 Å². The molecule has 0 N–H and O–H groups in total. The first-order valence-electron chi connectivity index (χ1n) is 7.16. The molecular formula is C19H20O2. The van der Waals surface area contributed by atoms with Crippen molar-refractivity contribution < 1.29 is 9.53 Å². The number of rotatable bonds is 6. The van der Waals surface area contributed by atoms with E-state index >= 15 is 0 Å². The Morgan fingerprint density at radius 1 is 0.952 bits per heavy atom. The summed E-state index contributed by atoms with van der Waals surface area (Å²) in [5.74, 6) is -0.292. The standard InChI is InChI=1S/C19H20O2/c1-21-19(20)18-14-12-17(13-15-18)11-7-3-6-10-16-8-4-2-5-9-16/h2-5,7-9,12-15H,6,10-11H2,1H3/b7-3+. The second-order valence-electron chi connectivity index (χ2n) is 4.89. The molecule has 0 aromatic heterocycles. The third-order valence-electron chi connectivity index (χ3n) is 3.34. The summed E-state index contributed by atoms with van der Waals surface area (Å²) in [5, 5.41) is 0. The smallest absolute Gasteiger partial charge is 0.337 e. The van der Waals surface area contributed by atoms with Crippen LogP contribution in [0, 0.1) is 0 Å². The van der Waals surface area contributed by atoms with Crippen LogP contribution < -0.4 is 0 Å². The quantitative estimate of drug-likeness (QED) is 0.585. The summed E-state index contributed by atoms with van der Waals surface area (Å²) in [6.07, 6.45) is 7.39. The molecule has 108 valence electrons. The number of benzene rings is 2. The summed E-state index contributed by atoms with van der Waals surface area (Å²) in [5.41, 5.74) is 3.15. The number of hydrogen-bond acceptors (Lipinski definition) is 2. The van der Waals surface area contributed by atoms with Gasteiger partial charge in [-0.05, 0) is 42.5 Å². The third kappa shape index (κ3) is 4.92. The second kappa shape index (κ2) is 8.05. The topological polar surface area (TPSA) is 26.3 Å². The highest BCUT2D eigenvalue weighted by molar-refractivity contribution is 5.89. The fourth-order valence-electron chi connectivity index (χ4n) is 2.13. The first-order chi connectivity index (χ1) is 10.3. The van der Waals surface area contributed by atoms with Gasteiger partial charge in [0.25, 0.3) is 0 Å². The Bertz CT molecular complexity index is 583. The maximum Gasteiger partial charge on any atom is 0.337 e. The van der Waals surface area contributed by atoms with Crippen molar-refractivity contribution >= 4 is 5.97 Å². The van der Waals surface area contributed by atoms with E-state index in [1.807, 2.05) is 18.2 Å². The van der Waals surface area contributed by atoms with E-state index in [-0.39, 0.29) is 5.97 Å². The lowest BCUT2D eigenvalue weighted by atomic mass is 10.1. The van der Waals surface area contributed by atoms with Gasteiger partial charge in [-0.2, -0.15) is 0 Å². The van der Waals surface area contributed by atoms with Gasteiger partial charge in [0.15, 0.2) is 0 Å². The zero-order chi connectivity index (χ0) is 14.9. The molecule has 0 aliphatic heterocycles. The van der Waals surface area contributed by atoms with Gasteiger partial charge >= 0.3 is 5.97 Å². The summed E-state index contributed by atoms with van der Waals surface area (Å²) < 4.78 is 4.68. The lowest BCUT2D eigenvalue weighted by molar-refractivity contribution is 0.0600. The zero-order valence-corrected chi connectivity index (χ0v) is 12.3. The Morgan fingerprint density at radius 2 is 1.67 bits per heavy atom. The average Bonchev–Trinajstić information content (AvgIpc) is 2.55. The van der Waals surface area contributed by atoms with Crippen molar-refractivity contribution in [2.45, 2.75) is 19.3 Å². The van der Waals surface area contributed by atoms with E-state index in [4.69, 9.17) is 0 Å². The van der Waals surface area contributed by atoms with Gasteiger partial charge in [-0.25, -0.2) is 4.79 Å². The van der Waals surface area contributed by atoms with E-state index < -0.39 is 0 Å². The Hall–Kier alpha value is -2.35. The minimum absolute atomic E-state index is 0.292. The number of allylic oxidation sites excluding steroid dienone is 2. The van der Waals surface area contributed by atoms with Crippen LogP contribution in [0.15, 0.2) is 66.7 Å². The molecule has 0 aliphatic carbocycles. The molecule has 2 aromatic rings. The predicted octanol–water partition coefficient (Wildman–Crippen LogP) is 4.20. The fourth-order valence-corrected chi connectivity index (χ4v) is 2.13. The van der Waals surface area contributed by atoms with Gasteiger partial charge < -0.3 is 4.74 Å². The second-order valence-corrected chi connectivity index (χ2v) is 4.89. The Balaban J connectivity index is 1.77. The molecule has 0 radical (unpaired) electrons. The molecule has 21 heavy (non-hydrogen) atoms. The minimum atomic E-state index is -0.292. The maximum atomic E-state index is 11.3. The first kappa shape index (κ1) is 15.0. The van der Waals surface area contributed by atoms with Gasteiger partial charge in [0.05, 0.1) is 12.7 Å². The molecule has 2 nitrogen and oxygen atoms in total. The Labute approximate surface area is 126 Å². The molecule has 0 heterocycles. The molecule has 2 aromatic carbocycles. The summed E-state index contributed by atoms with van der Waals surface area (Å²) in [6.45, 7) is 0. The van der Waals surface area contributed by atoms with Crippen molar-refractivity contribution in [3.05, 3.63) is 83.4 Å². The van der Waals surface area contributed by atoms with E-state index in [1.165, 1.54) is 18.2 Å². The zero-order valence-electron chi connectivity index (χ0n) is 12.3. The molecule has 2 heteroatoms. The van der Waals surface area contributed by atoms with E-state index in [9.17, 15) is 4.79 Å². The molecule has 0 fully saturated rings. The molecule has 0 bridgehead atoms. The van der Waals surface area contributed by atoms with Crippen LogP contribution in [0.1, 0.15) is 27.9 Å². The molecule has 0 saturated carbocycles. The molecule has 0 aliphatic rings. The van der Waals surface area contributed by atoms with Crippen LogP contribution in [-0.4, -0.2) is 13.1 Å². The number of carbonyl (C=O) groups is 1. The number of methoxy groups -OCH3 is 1. The minimum Gasteiger partial charge on any atom is -0.465 e. The lowest BCUT2D eigenvalue weighted by Gasteiger charge is -2.01. The summed E-state index contributed by atoms with van der Waals surface area (Å²) in [7, 11) is 1.39. The first-order valence-corrected chi connectivity index (χ1v) is 7.16. The number of aryl methyl sites for hydroxylation is 1. The normalized spacial score (nSPS) is 10.7. The molecule has 0 unspecified atom stereocenters. The molecule has 0 atom stereocenters. The summed E-state index contributed by atoms with van der Waals surface area (Å²) in [6, 6.07) is 18.0. The summed E-state index contributed by atoms with van der Waals surface area (Å²) >= 11 is 0. The van der Waals surface area contributed by atoms with Crippen molar-refractivity contribution in [1.82, 2.24) is 0 Å². The van der Waals surface area contributed by atoms with Crippen molar-refractivity contribution in [3.63, 3.8) is 0 Å². The summed E-state index contributed by atoms with van der Waals surface area (Å²) in [4.78, 5) is 11.3. The van der Waals surface area contributed by atoms with Gasteiger partial charge in [0.1, 0.15) is 0 Å². The van der Waals surface area contributed by atoms with Crippen LogP contribution in [0.25, 0.3) is 0 Å². The van der Waals surface area contributed by atoms with Gasteiger partial charge in [-0.1, -0.05) is 54.6 Å². The number of ether oxygens (including phenoxy) is 1. The van der Waals surface area contributed by atoms with Crippen LogP contribution in [0.3, 0.4) is 0 Å². The number of hydrogen-bond donors (Lipinski definition) is 0. The van der Waals surface area contributed by atoms with Crippen LogP contribution in [0.4, 0.5) is 0 Å². The van der Waals surface area contributed by atoms with Crippen molar-refractivity contribution in [3.8, 4) is 0 Å². The van der Waals surface area contributed by atoms with E-state index in [1.54, 1.807) is 12.1 Å². The van der Waals surface area contributed by atoms with Crippen LogP contribution in [0.5, 0.6) is 0 Å². The van der Waals surface area contributed by atoms with Gasteiger partial charge in [0, 0.05) is 0 Å². The van der Waals surface area contributed by atoms with Crippen molar-refractivity contribution in [1.29, 1.82) is 0 Å². The van der Waals surface area contributed by atoms with E-state index in [2.05, 4.69) is 41.2 Å². The van der Waals surface area contributed by atoms with Crippen LogP contribution >= 0.6 is 0 Å². The fraction of sp³-hybridized carbons (Fsp3) is 0.211. The van der Waals surface area contributed by atoms with Gasteiger partial charge in [0.2, 0.25) is 0 Å². The molecular weight excluding hydrogens is 260 g/mol. The van der Waals surface area contributed by atoms with E-state index in [0.717, 1.165) is 19.3 Å². The maximum absolute atomic E-state index is 11.3. The van der Waals surface area contributed by atoms with Crippen molar-refractivity contribution in [2.24, 2.45) is 0 Å². The highest BCUT2D eigenvalue weighted by Gasteiger charge is 2.03. The predicted molar refractivity (Wildman–Crippen MR) is 85.4 cm³/mol. The Morgan fingerprint density at radius 3 is 2.33 bits per heavy atom. The molecule has 0 amide bonds. The average molecular weight is 280 g/mol. The number of esters is 1. The molecule has 2 rings (SSSR count). The lowest BCUT2D eigenvalue weighted by Crippen LogP contribution is -2.00. The van der Waals surface area contributed by atoms with Crippen LogP contribution in [-0.2, 0) is 17.6 Å². The van der Waals surface area contributed by atoms with Gasteiger partial charge in [-0.3, -0.25) is 0 Å². The third-order valence-corrected chi connectivity index (χ3v) is 3.34. The van der Waals surface area contributed by atoms with Crippen molar-refractivity contribution in [2.75, 3.05) is 7.11 Å². The molecule has 0 spiro atoms. The largest absolute Gasteiger partial charge is 0.465 e. The highest BCUT2D eigenvalue weighted by atomic mass is 16.5. The number of carbonyl (C=O) groups excluding carboxylic acids is 1. The van der Waals surface area contributed by atoms with Gasteiger partial charge in [-0.15, -0.1) is 0 Å². The molecule has 0 saturated heterocycles. The highest BCUT2D eigenvalue weighted by Crippen LogP contribution is 2.08. The Kier molecular flexibility index (Phi) is 5.77. The van der Waals surface area contributed by atoms with E-state index in [0.29, 0.717) is 5.56 Å². The monoisotopic (exact) mass is 280 g/mol.